The number of hydrogen-bond donors (Lipinski definition) is 1. The van der Waals surface area contributed by atoms with Crippen LogP contribution in [0.2, 0.25) is 0 Å². The van der Waals surface area contributed by atoms with Crippen molar-refractivity contribution in [2.24, 2.45) is 17.3 Å². The highest BCUT2D eigenvalue weighted by Crippen LogP contribution is 2.67. The van der Waals surface area contributed by atoms with E-state index in [1.165, 1.54) is 11.1 Å². The summed E-state index contributed by atoms with van der Waals surface area (Å²) in [5.74, 6) is -1.66. The van der Waals surface area contributed by atoms with Crippen molar-refractivity contribution >= 4 is 11.9 Å². The van der Waals surface area contributed by atoms with E-state index in [1.54, 1.807) is 6.92 Å². The maximum Gasteiger partial charge on any atom is 0.324 e. The lowest BCUT2D eigenvalue weighted by Gasteiger charge is -2.20. The van der Waals surface area contributed by atoms with Gasteiger partial charge in [0.25, 0.3) is 0 Å². The monoisotopic (exact) mass is 262 g/mol. The van der Waals surface area contributed by atoms with E-state index in [1.807, 2.05) is 0 Å². The van der Waals surface area contributed by atoms with Gasteiger partial charge in [0.2, 0.25) is 0 Å². The van der Waals surface area contributed by atoms with E-state index in [0.29, 0.717) is 0 Å². The topological polar surface area (TPSA) is 63.6 Å². The summed E-state index contributed by atoms with van der Waals surface area (Å²) >= 11 is 0. The largest absolute Gasteiger partial charge is 0.480 e. The van der Waals surface area contributed by atoms with Crippen LogP contribution in [0.1, 0.15) is 32.6 Å². The Balaban J connectivity index is 1.85. The Kier molecular flexibility index (Phi) is 2.77. The summed E-state index contributed by atoms with van der Waals surface area (Å²) in [5, 5.41) is 9.53. The Hall–Kier alpha value is -1.58. The van der Waals surface area contributed by atoms with Gasteiger partial charge in [-0.2, -0.15) is 0 Å². The molecule has 1 N–H and O–H groups in total. The quantitative estimate of drug-likeness (QED) is 0.481. The molecule has 0 radical (unpaired) electrons. The van der Waals surface area contributed by atoms with Crippen molar-refractivity contribution in [3.05, 3.63) is 23.3 Å². The third-order valence-electron chi connectivity index (χ3n) is 4.84. The van der Waals surface area contributed by atoms with Gasteiger partial charge in [0, 0.05) is 0 Å². The Bertz CT molecular complexity index is 474. The van der Waals surface area contributed by atoms with Crippen molar-refractivity contribution in [1.29, 1.82) is 0 Å². The molecule has 102 valence electrons. The zero-order valence-corrected chi connectivity index (χ0v) is 11.0. The lowest BCUT2D eigenvalue weighted by molar-refractivity contribution is -0.162. The van der Waals surface area contributed by atoms with Gasteiger partial charge in [-0.15, -0.1) is 0 Å². The molecule has 0 amide bonds. The molecule has 0 bridgehead atoms. The predicted molar refractivity (Wildman–Crippen MR) is 68.3 cm³/mol. The summed E-state index contributed by atoms with van der Waals surface area (Å²) in [4.78, 5) is 23.7. The molecule has 0 aromatic heterocycles. The molecule has 0 aliphatic heterocycles. The van der Waals surface area contributed by atoms with Crippen LogP contribution in [0.4, 0.5) is 0 Å². The van der Waals surface area contributed by atoms with Gasteiger partial charge in [-0.3, -0.25) is 9.59 Å². The maximum atomic E-state index is 12.1. The smallest absolute Gasteiger partial charge is 0.324 e. The highest BCUT2D eigenvalue weighted by molar-refractivity contribution is 6.04. The second kappa shape index (κ2) is 4.22. The number of carboxylic acid groups (broad SMARTS) is 1. The van der Waals surface area contributed by atoms with Crippen molar-refractivity contribution < 1.29 is 19.4 Å². The molecule has 3 rings (SSSR count). The van der Waals surface area contributed by atoms with Crippen molar-refractivity contribution in [1.82, 2.24) is 0 Å². The Morgan fingerprint density at radius 3 is 2.21 bits per heavy atom. The van der Waals surface area contributed by atoms with Crippen LogP contribution in [0.5, 0.6) is 0 Å². The van der Waals surface area contributed by atoms with Gasteiger partial charge in [0.15, 0.2) is 5.41 Å². The fourth-order valence-electron chi connectivity index (χ4n) is 3.83. The fourth-order valence-corrected chi connectivity index (χ4v) is 3.83. The average Bonchev–Trinajstić information content (AvgIpc) is 3.05. The highest BCUT2D eigenvalue weighted by atomic mass is 16.5. The zero-order chi connectivity index (χ0) is 13.6. The second-order valence-electron chi connectivity index (χ2n) is 5.60. The second-order valence-corrected chi connectivity index (χ2v) is 5.60. The van der Waals surface area contributed by atoms with Crippen molar-refractivity contribution in [3.63, 3.8) is 0 Å². The molecular formula is C15H18O4. The number of carbonyl (C=O) groups excluding carboxylic acids is 1. The molecule has 3 aliphatic carbocycles. The van der Waals surface area contributed by atoms with E-state index in [-0.39, 0.29) is 18.4 Å². The average molecular weight is 262 g/mol. The van der Waals surface area contributed by atoms with Crippen LogP contribution >= 0.6 is 0 Å². The number of carbonyl (C=O) groups is 2. The number of esters is 1. The van der Waals surface area contributed by atoms with Crippen LogP contribution in [0.3, 0.4) is 0 Å². The van der Waals surface area contributed by atoms with Crippen LogP contribution in [0.15, 0.2) is 23.3 Å². The summed E-state index contributed by atoms with van der Waals surface area (Å²) in [6, 6.07) is 0. The fraction of sp³-hybridized carbons (Fsp3) is 0.600. The number of carboxylic acids is 1. The minimum Gasteiger partial charge on any atom is -0.480 e. The number of allylic oxidation sites excluding steroid dienone is 4. The lowest BCUT2D eigenvalue weighted by atomic mass is 9.85. The molecule has 0 aromatic carbocycles. The Morgan fingerprint density at radius 2 is 1.79 bits per heavy atom. The number of ether oxygens (including phenoxy) is 1. The first-order valence-corrected chi connectivity index (χ1v) is 6.87. The van der Waals surface area contributed by atoms with Gasteiger partial charge in [-0.05, 0) is 44.4 Å². The molecular weight excluding hydrogens is 244 g/mol. The normalized spacial score (nSPS) is 35.4. The van der Waals surface area contributed by atoms with Crippen molar-refractivity contribution in [2.45, 2.75) is 32.6 Å². The summed E-state index contributed by atoms with van der Waals surface area (Å²) < 4.78 is 5.02. The van der Waals surface area contributed by atoms with Gasteiger partial charge in [0.1, 0.15) is 0 Å². The standard InChI is InChI=1S/C15H18O4/c1-2-19-14(18)15(13(16)17)11-7-9-5-3-4-6-10(9)8-12(11)15/h3-4,11-12H,2,5-8H2,1H3,(H,16,17)/t11-,12+,15?. The predicted octanol–water partition coefficient (Wildman–Crippen LogP) is 2.31. The van der Waals surface area contributed by atoms with E-state index in [9.17, 15) is 14.7 Å². The molecule has 0 aromatic rings. The number of aliphatic carboxylic acids is 1. The molecule has 1 unspecified atom stereocenters. The number of fused-ring (bicyclic) bond motifs is 1. The molecule has 0 saturated heterocycles. The number of rotatable bonds is 3. The minimum atomic E-state index is -1.27. The first-order valence-electron chi connectivity index (χ1n) is 6.87. The molecule has 3 aliphatic rings. The molecule has 1 fully saturated rings. The molecule has 1 saturated carbocycles. The maximum absolute atomic E-state index is 12.1. The van der Waals surface area contributed by atoms with Crippen LogP contribution in [0.25, 0.3) is 0 Å². The molecule has 4 heteroatoms. The zero-order valence-electron chi connectivity index (χ0n) is 11.0. The van der Waals surface area contributed by atoms with E-state index in [0.717, 1.165) is 25.7 Å². The van der Waals surface area contributed by atoms with Crippen LogP contribution in [0, 0.1) is 17.3 Å². The summed E-state index contributed by atoms with van der Waals surface area (Å²) in [7, 11) is 0. The van der Waals surface area contributed by atoms with Crippen molar-refractivity contribution in [3.8, 4) is 0 Å². The third-order valence-corrected chi connectivity index (χ3v) is 4.84. The number of hydrogen-bond acceptors (Lipinski definition) is 3. The lowest BCUT2D eigenvalue weighted by Crippen LogP contribution is -2.31. The first kappa shape index (κ1) is 12.5. The SMILES string of the molecule is CCOC(=O)C1(C(=O)O)[C@@H]2CC3=C(CC=CC3)C[C@@H]21. The van der Waals surface area contributed by atoms with Gasteiger partial charge in [0.05, 0.1) is 6.61 Å². The van der Waals surface area contributed by atoms with Crippen LogP contribution < -0.4 is 0 Å². The summed E-state index contributed by atoms with van der Waals surface area (Å²) in [6.07, 6.45) is 7.59. The summed E-state index contributed by atoms with van der Waals surface area (Å²) in [6.45, 7) is 1.95. The molecule has 0 spiro atoms. The minimum absolute atomic E-state index is 0.0608. The Morgan fingerprint density at radius 1 is 1.26 bits per heavy atom. The molecule has 3 atom stereocenters. The van der Waals surface area contributed by atoms with E-state index >= 15 is 0 Å². The van der Waals surface area contributed by atoms with Crippen LogP contribution in [-0.2, 0) is 14.3 Å². The highest BCUT2D eigenvalue weighted by Gasteiger charge is 2.76. The van der Waals surface area contributed by atoms with Crippen molar-refractivity contribution in [2.75, 3.05) is 6.61 Å². The van der Waals surface area contributed by atoms with Gasteiger partial charge < -0.3 is 9.84 Å². The first-order chi connectivity index (χ1) is 9.12. The van der Waals surface area contributed by atoms with Gasteiger partial charge >= 0.3 is 11.9 Å². The Labute approximate surface area is 112 Å². The van der Waals surface area contributed by atoms with Crippen LogP contribution in [-0.4, -0.2) is 23.7 Å². The molecule has 4 nitrogen and oxygen atoms in total. The van der Waals surface area contributed by atoms with Gasteiger partial charge in [-0.25, -0.2) is 0 Å². The van der Waals surface area contributed by atoms with E-state index in [2.05, 4.69) is 12.2 Å². The van der Waals surface area contributed by atoms with Gasteiger partial charge in [-0.1, -0.05) is 23.3 Å². The van der Waals surface area contributed by atoms with E-state index in [4.69, 9.17) is 4.74 Å². The molecule has 0 heterocycles. The summed E-state index contributed by atoms with van der Waals surface area (Å²) in [5.41, 5.74) is 1.42. The third kappa shape index (κ3) is 1.58. The molecule has 19 heavy (non-hydrogen) atoms. The van der Waals surface area contributed by atoms with E-state index < -0.39 is 17.4 Å².